The van der Waals surface area contributed by atoms with Crippen molar-refractivity contribution >= 4 is 5.71 Å². The molecule has 0 heterocycles. The predicted molar refractivity (Wildman–Crippen MR) is 79.8 cm³/mol. The highest BCUT2D eigenvalue weighted by Crippen LogP contribution is 2.01. The van der Waals surface area contributed by atoms with Crippen molar-refractivity contribution in [1.29, 1.82) is 0 Å². The Hall–Kier alpha value is -1.17. The highest BCUT2D eigenvalue weighted by Gasteiger charge is 2.03. The number of aliphatic hydroxyl groups is 1. The molecule has 2 unspecified atom stereocenters. The van der Waals surface area contributed by atoms with Gasteiger partial charge in [-0.05, 0) is 25.1 Å². The van der Waals surface area contributed by atoms with Crippen molar-refractivity contribution in [3.05, 3.63) is 24.4 Å². The molecule has 0 aliphatic carbocycles. The molecule has 19 heavy (non-hydrogen) atoms. The maximum absolute atomic E-state index is 8.91. The van der Waals surface area contributed by atoms with Gasteiger partial charge in [-0.1, -0.05) is 26.0 Å². The molecule has 0 bridgehead atoms. The fraction of sp³-hybridized carbons (Fsp3) is 0.643. The van der Waals surface area contributed by atoms with E-state index in [4.69, 9.17) is 15.6 Å². The van der Waals surface area contributed by atoms with Crippen molar-refractivity contribution in [2.24, 2.45) is 16.6 Å². The predicted octanol–water partition coefficient (Wildman–Crippen LogP) is 1.40. The molecule has 5 nitrogen and oxygen atoms in total. The van der Waals surface area contributed by atoms with Crippen molar-refractivity contribution in [2.45, 2.75) is 39.6 Å². The summed E-state index contributed by atoms with van der Waals surface area (Å²) in [5, 5.41) is 12.0. The van der Waals surface area contributed by atoms with Crippen LogP contribution in [-0.4, -0.2) is 36.9 Å². The molecule has 0 rings (SSSR count). The first-order valence-electron chi connectivity index (χ1n) is 6.55. The van der Waals surface area contributed by atoms with Crippen LogP contribution < -0.4 is 11.1 Å². The van der Waals surface area contributed by atoms with Crippen molar-refractivity contribution < 1.29 is 9.84 Å². The Labute approximate surface area is 116 Å². The van der Waals surface area contributed by atoms with Crippen molar-refractivity contribution in [3.8, 4) is 0 Å². The summed E-state index contributed by atoms with van der Waals surface area (Å²) in [6.07, 6.45) is 7.07. The van der Waals surface area contributed by atoms with Gasteiger partial charge in [-0.2, -0.15) is 0 Å². The minimum absolute atomic E-state index is 0.0317. The number of aliphatic imine (C=N–C) groups is 1. The molecule has 0 aromatic rings. The van der Waals surface area contributed by atoms with E-state index >= 15 is 0 Å². The van der Waals surface area contributed by atoms with Gasteiger partial charge in [0.2, 0.25) is 0 Å². The highest BCUT2D eigenvalue weighted by atomic mass is 16.5. The topological polar surface area (TPSA) is 79.9 Å². The second-order valence-electron chi connectivity index (χ2n) is 4.61. The minimum Gasteiger partial charge on any atom is -0.381 e. The van der Waals surface area contributed by atoms with Crippen LogP contribution in [0.4, 0.5) is 0 Å². The second-order valence-corrected chi connectivity index (χ2v) is 4.61. The SMILES string of the molecule is COC/C=C/C(=NC(C)N/C=C\CC(N)O)C(C)C. The Morgan fingerprint density at radius 2 is 2.05 bits per heavy atom. The molecule has 0 aliphatic heterocycles. The van der Waals surface area contributed by atoms with Crippen LogP contribution >= 0.6 is 0 Å². The summed E-state index contributed by atoms with van der Waals surface area (Å²) < 4.78 is 4.97. The molecular weight excluding hydrogens is 242 g/mol. The largest absolute Gasteiger partial charge is 0.381 e. The third-order valence-electron chi connectivity index (χ3n) is 2.32. The number of methoxy groups -OCH3 is 1. The van der Waals surface area contributed by atoms with Crippen LogP contribution in [0.25, 0.3) is 0 Å². The maximum atomic E-state index is 8.91. The molecule has 5 heteroatoms. The maximum Gasteiger partial charge on any atom is 0.115 e. The minimum atomic E-state index is -0.806. The number of nitrogens with two attached hydrogens (primary N) is 1. The van der Waals surface area contributed by atoms with E-state index in [1.807, 2.05) is 19.1 Å². The average Bonchev–Trinajstić information content (AvgIpc) is 2.33. The molecule has 2 atom stereocenters. The lowest BCUT2D eigenvalue weighted by atomic mass is 10.1. The molecule has 0 fully saturated rings. The van der Waals surface area contributed by atoms with Gasteiger partial charge in [-0.15, -0.1) is 0 Å². The van der Waals surface area contributed by atoms with Crippen LogP contribution in [0.2, 0.25) is 0 Å². The number of allylic oxidation sites excluding steroid dienone is 1. The van der Waals surface area contributed by atoms with E-state index in [0.717, 1.165) is 5.71 Å². The lowest BCUT2D eigenvalue weighted by Gasteiger charge is -2.11. The summed E-state index contributed by atoms with van der Waals surface area (Å²) in [6.45, 7) is 6.75. The number of nitrogens with one attached hydrogen (secondary N) is 1. The zero-order valence-electron chi connectivity index (χ0n) is 12.3. The van der Waals surface area contributed by atoms with E-state index in [2.05, 4.69) is 24.2 Å². The number of rotatable bonds is 9. The molecule has 0 saturated carbocycles. The van der Waals surface area contributed by atoms with Crippen molar-refractivity contribution in [1.82, 2.24) is 5.32 Å². The zero-order chi connectivity index (χ0) is 14.7. The third-order valence-corrected chi connectivity index (χ3v) is 2.32. The van der Waals surface area contributed by atoms with Crippen LogP contribution in [0.3, 0.4) is 0 Å². The molecule has 0 saturated heterocycles. The van der Waals surface area contributed by atoms with Crippen LogP contribution in [0.15, 0.2) is 29.4 Å². The first-order valence-corrected chi connectivity index (χ1v) is 6.55. The van der Waals surface area contributed by atoms with Gasteiger partial charge in [0.1, 0.15) is 12.4 Å². The van der Waals surface area contributed by atoms with Gasteiger partial charge in [-0.3, -0.25) is 4.99 Å². The summed E-state index contributed by atoms with van der Waals surface area (Å²) in [5.74, 6) is 0.354. The van der Waals surface area contributed by atoms with Crippen LogP contribution in [0.5, 0.6) is 0 Å². The van der Waals surface area contributed by atoms with Gasteiger partial charge in [0.25, 0.3) is 0 Å². The summed E-state index contributed by atoms with van der Waals surface area (Å²) >= 11 is 0. The van der Waals surface area contributed by atoms with Crippen LogP contribution in [-0.2, 0) is 4.74 Å². The van der Waals surface area contributed by atoms with Gasteiger partial charge in [-0.25, -0.2) is 0 Å². The summed E-state index contributed by atoms with van der Waals surface area (Å²) in [7, 11) is 1.66. The summed E-state index contributed by atoms with van der Waals surface area (Å²) in [4.78, 5) is 4.58. The Bertz CT molecular complexity index is 310. The van der Waals surface area contributed by atoms with Gasteiger partial charge >= 0.3 is 0 Å². The van der Waals surface area contributed by atoms with Crippen LogP contribution in [0.1, 0.15) is 27.2 Å². The Balaban J connectivity index is 4.36. The average molecular weight is 269 g/mol. The van der Waals surface area contributed by atoms with E-state index in [1.54, 1.807) is 19.4 Å². The molecule has 0 aromatic heterocycles. The van der Waals surface area contributed by atoms with Gasteiger partial charge in [0.15, 0.2) is 0 Å². The molecule has 0 radical (unpaired) electrons. The Morgan fingerprint density at radius 1 is 1.37 bits per heavy atom. The number of hydrogen-bond acceptors (Lipinski definition) is 5. The molecule has 4 N–H and O–H groups in total. The third kappa shape index (κ3) is 10.4. The quantitative estimate of drug-likeness (QED) is 0.437. The fourth-order valence-corrected chi connectivity index (χ4v) is 1.33. The Morgan fingerprint density at radius 3 is 2.58 bits per heavy atom. The lowest BCUT2D eigenvalue weighted by Crippen LogP contribution is -2.22. The molecule has 0 spiro atoms. The first kappa shape index (κ1) is 17.8. The van der Waals surface area contributed by atoms with E-state index in [-0.39, 0.29) is 6.17 Å². The van der Waals surface area contributed by atoms with E-state index in [1.165, 1.54) is 0 Å². The standard InChI is InChI=1S/C14H27N3O2/c1-11(2)13(7-6-10-19-4)17-12(3)16-9-5-8-14(15)18/h5-7,9,11-12,14,16,18H,8,10,15H2,1-4H3/b7-6+,9-5-,17-13?. The number of hydrogen-bond donors (Lipinski definition) is 3. The monoisotopic (exact) mass is 269 g/mol. The highest BCUT2D eigenvalue weighted by molar-refractivity contribution is 5.96. The van der Waals surface area contributed by atoms with Gasteiger partial charge in [0.05, 0.1) is 6.61 Å². The van der Waals surface area contributed by atoms with Gasteiger partial charge < -0.3 is 20.9 Å². The molecule has 0 aromatic carbocycles. The lowest BCUT2D eigenvalue weighted by molar-refractivity contribution is 0.186. The smallest absolute Gasteiger partial charge is 0.115 e. The molecule has 0 aliphatic rings. The first-order chi connectivity index (χ1) is 8.97. The second kappa shape index (κ2) is 10.7. The summed E-state index contributed by atoms with van der Waals surface area (Å²) in [5.41, 5.74) is 6.24. The van der Waals surface area contributed by atoms with Crippen molar-refractivity contribution in [3.63, 3.8) is 0 Å². The Kier molecular flexibility index (Phi) is 10.1. The zero-order valence-corrected chi connectivity index (χ0v) is 12.3. The number of aliphatic hydroxyl groups excluding tert-OH is 1. The van der Waals surface area contributed by atoms with E-state index in [0.29, 0.717) is 18.9 Å². The molecular formula is C14H27N3O2. The summed E-state index contributed by atoms with van der Waals surface area (Å²) in [6, 6.07) is 0. The normalized spacial score (nSPS) is 16.5. The number of nitrogens with zero attached hydrogens (tertiary/aromatic N) is 1. The van der Waals surface area contributed by atoms with Gasteiger partial charge in [0, 0.05) is 19.2 Å². The van der Waals surface area contributed by atoms with Crippen molar-refractivity contribution in [2.75, 3.05) is 13.7 Å². The fourth-order valence-electron chi connectivity index (χ4n) is 1.33. The van der Waals surface area contributed by atoms with E-state index in [9.17, 15) is 0 Å². The molecule has 0 amide bonds. The van der Waals surface area contributed by atoms with Crippen LogP contribution in [0, 0.1) is 5.92 Å². The molecule has 110 valence electrons. The number of ether oxygens (including phenoxy) is 1. The van der Waals surface area contributed by atoms with E-state index < -0.39 is 6.23 Å².